The first kappa shape index (κ1) is 18.6. The van der Waals surface area contributed by atoms with Crippen molar-refractivity contribution < 1.29 is 4.79 Å². The van der Waals surface area contributed by atoms with Gasteiger partial charge in [0.05, 0.1) is 6.42 Å². The van der Waals surface area contributed by atoms with Gasteiger partial charge < -0.3 is 5.32 Å². The molecular weight excluding hydrogens is 352 g/mol. The molecule has 1 aliphatic heterocycles. The molecule has 0 unspecified atom stereocenters. The molecule has 4 rings (SSSR count). The molecule has 142 valence electrons. The Morgan fingerprint density at radius 1 is 0.963 bits per heavy atom. The van der Waals surface area contributed by atoms with Gasteiger partial charge in [0, 0.05) is 36.8 Å². The summed E-state index contributed by atoms with van der Waals surface area (Å²) in [5.41, 5.74) is 6.20. The lowest BCUT2D eigenvalue weighted by molar-refractivity contribution is -0.115. The Labute approximate surface area is 166 Å². The number of fused-ring (bicyclic) bond motifs is 1. The van der Waals surface area contributed by atoms with E-state index in [9.17, 15) is 4.79 Å². The van der Waals surface area contributed by atoms with E-state index in [0.29, 0.717) is 6.42 Å². The van der Waals surface area contributed by atoms with Crippen molar-refractivity contribution >= 4 is 23.4 Å². The molecule has 1 N–H and O–H groups in total. The van der Waals surface area contributed by atoms with E-state index in [2.05, 4.69) is 40.5 Å². The number of hydrogen-bond acceptors (Lipinski definition) is 3. The highest BCUT2D eigenvalue weighted by Gasteiger charge is 2.13. The number of amides is 1. The Hall–Kier alpha value is -1.78. The normalized spacial score (nSPS) is 17.3. The van der Waals surface area contributed by atoms with E-state index in [4.69, 9.17) is 0 Å². The van der Waals surface area contributed by atoms with Crippen molar-refractivity contribution in [2.75, 3.05) is 29.9 Å². The predicted molar refractivity (Wildman–Crippen MR) is 114 cm³/mol. The fraction of sp³-hybridized carbons (Fsp3) is 0.435. The second kappa shape index (κ2) is 8.94. The molecule has 1 fully saturated rings. The van der Waals surface area contributed by atoms with Crippen molar-refractivity contribution in [3.8, 4) is 0 Å². The first-order chi connectivity index (χ1) is 13.3. The number of nitrogens with one attached hydrogen (secondary N) is 1. The third-order valence-corrected chi connectivity index (χ3v) is 6.44. The van der Waals surface area contributed by atoms with Gasteiger partial charge in [0.15, 0.2) is 0 Å². The van der Waals surface area contributed by atoms with Crippen LogP contribution in [0.3, 0.4) is 0 Å². The first-order valence-electron chi connectivity index (χ1n) is 10.1. The molecule has 0 aromatic heterocycles. The Balaban J connectivity index is 1.35. The molecule has 2 aromatic carbocycles. The monoisotopic (exact) mass is 380 g/mol. The average molecular weight is 381 g/mol. The second-order valence-electron chi connectivity index (χ2n) is 7.62. The zero-order valence-electron chi connectivity index (χ0n) is 15.9. The van der Waals surface area contributed by atoms with E-state index in [1.165, 1.54) is 47.5 Å². The summed E-state index contributed by atoms with van der Waals surface area (Å²) in [5.74, 6) is 2.51. The number of carbonyl (C=O) groups excluding carboxylic acids is 1. The van der Waals surface area contributed by atoms with Crippen LogP contribution in [-0.2, 0) is 30.6 Å². The molecule has 4 heteroatoms. The number of hydrogen-bond donors (Lipinski definition) is 1. The SMILES string of the molecule is O=C(Cc1ccc2c(c1)CCCC2)Nc1cccc(CN2CCSCC2)c1. The third kappa shape index (κ3) is 5.14. The third-order valence-electron chi connectivity index (χ3n) is 5.50. The van der Waals surface area contributed by atoms with Gasteiger partial charge in [-0.2, -0.15) is 11.8 Å². The minimum Gasteiger partial charge on any atom is -0.326 e. The van der Waals surface area contributed by atoms with Gasteiger partial charge in [-0.3, -0.25) is 9.69 Å². The molecule has 0 radical (unpaired) electrons. The Morgan fingerprint density at radius 3 is 2.63 bits per heavy atom. The van der Waals surface area contributed by atoms with Gasteiger partial charge in [-0.15, -0.1) is 0 Å². The summed E-state index contributed by atoms with van der Waals surface area (Å²) in [4.78, 5) is 15.0. The van der Waals surface area contributed by atoms with E-state index in [0.717, 1.165) is 37.3 Å². The number of nitrogens with zero attached hydrogens (tertiary/aromatic N) is 1. The van der Waals surface area contributed by atoms with Crippen LogP contribution in [0.2, 0.25) is 0 Å². The summed E-state index contributed by atoms with van der Waals surface area (Å²) >= 11 is 2.03. The Bertz CT molecular complexity index is 799. The van der Waals surface area contributed by atoms with Crippen molar-refractivity contribution in [2.24, 2.45) is 0 Å². The molecule has 3 nitrogen and oxygen atoms in total. The summed E-state index contributed by atoms with van der Waals surface area (Å²) < 4.78 is 0. The molecular formula is C23H28N2OS. The Morgan fingerprint density at radius 2 is 1.78 bits per heavy atom. The molecule has 0 bridgehead atoms. The highest BCUT2D eigenvalue weighted by Crippen LogP contribution is 2.23. The van der Waals surface area contributed by atoms with E-state index in [1.807, 2.05) is 23.9 Å². The molecule has 1 saturated heterocycles. The first-order valence-corrected chi connectivity index (χ1v) is 11.2. The van der Waals surface area contributed by atoms with Gasteiger partial charge in [-0.1, -0.05) is 30.3 Å². The zero-order valence-corrected chi connectivity index (χ0v) is 16.7. The van der Waals surface area contributed by atoms with Gasteiger partial charge in [0.1, 0.15) is 0 Å². The van der Waals surface area contributed by atoms with Gasteiger partial charge >= 0.3 is 0 Å². The quantitative estimate of drug-likeness (QED) is 0.840. The van der Waals surface area contributed by atoms with Crippen LogP contribution in [0.1, 0.15) is 35.1 Å². The zero-order chi connectivity index (χ0) is 18.5. The second-order valence-corrected chi connectivity index (χ2v) is 8.85. The van der Waals surface area contributed by atoms with Crippen molar-refractivity contribution in [2.45, 2.75) is 38.6 Å². The minimum absolute atomic E-state index is 0.0669. The smallest absolute Gasteiger partial charge is 0.228 e. The molecule has 0 atom stereocenters. The van der Waals surface area contributed by atoms with Crippen LogP contribution in [0.5, 0.6) is 0 Å². The van der Waals surface area contributed by atoms with Crippen LogP contribution in [0.25, 0.3) is 0 Å². The van der Waals surface area contributed by atoms with E-state index >= 15 is 0 Å². The molecule has 2 aromatic rings. The summed E-state index contributed by atoms with van der Waals surface area (Å²) in [6.45, 7) is 3.27. The fourth-order valence-corrected chi connectivity index (χ4v) is 5.03. The maximum Gasteiger partial charge on any atom is 0.228 e. The van der Waals surface area contributed by atoms with Gasteiger partial charge in [0.2, 0.25) is 5.91 Å². The molecule has 0 saturated carbocycles. The summed E-state index contributed by atoms with van der Waals surface area (Å²) in [5, 5.41) is 3.09. The lowest BCUT2D eigenvalue weighted by Crippen LogP contribution is -2.31. The molecule has 27 heavy (non-hydrogen) atoms. The number of rotatable bonds is 5. The van der Waals surface area contributed by atoms with Crippen LogP contribution < -0.4 is 5.32 Å². The van der Waals surface area contributed by atoms with Crippen LogP contribution in [0.15, 0.2) is 42.5 Å². The molecule has 1 aliphatic carbocycles. The van der Waals surface area contributed by atoms with Gasteiger partial charge in [-0.25, -0.2) is 0 Å². The highest BCUT2D eigenvalue weighted by atomic mass is 32.2. The standard InChI is InChI=1S/C23H28N2OS/c26-23(16-18-8-9-20-5-1-2-6-21(20)14-18)24-22-7-3-4-19(15-22)17-25-10-12-27-13-11-25/h3-4,7-9,14-15H,1-2,5-6,10-13,16-17H2,(H,24,26). The average Bonchev–Trinajstić information content (AvgIpc) is 2.69. The van der Waals surface area contributed by atoms with Crippen LogP contribution >= 0.6 is 11.8 Å². The highest BCUT2D eigenvalue weighted by molar-refractivity contribution is 7.99. The van der Waals surface area contributed by atoms with Crippen molar-refractivity contribution in [3.05, 3.63) is 64.7 Å². The number of carbonyl (C=O) groups is 1. The van der Waals surface area contributed by atoms with E-state index in [-0.39, 0.29) is 5.91 Å². The van der Waals surface area contributed by atoms with Crippen molar-refractivity contribution in [1.82, 2.24) is 4.90 Å². The lowest BCUT2D eigenvalue weighted by Gasteiger charge is -2.26. The summed E-state index contributed by atoms with van der Waals surface area (Å²) in [7, 11) is 0. The topological polar surface area (TPSA) is 32.3 Å². The largest absolute Gasteiger partial charge is 0.326 e. The number of anilines is 1. The number of thioether (sulfide) groups is 1. The number of aryl methyl sites for hydroxylation is 2. The van der Waals surface area contributed by atoms with Crippen LogP contribution in [0, 0.1) is 0 Å². The fourth-order valence-electron chi connectivity index (χ4n) is 4.05. The molecule has 1 amide bonds. The molecule has 0 spiro atoms. The molecule has 1 heterocycles. The number of benzene rings is 2. The predicted octanol–water partition coefficient (Wildman–Crippen LogP) is 4.30. The minimum atomic E-state index is 0.0669. The maximum absolute atomic E-state index is 12.5. The van der Waals surface area contributed by atoms with Gasteiger partial charge in [-0.05, 0) is 60.1 Å². The maximum atomic E-state index is 12.5. The van der Waals surface area contributed by atoms with Crippen molar-refractivity contribution in [1.29, 1.82) is 0 Å². The van der Waals surface area contributed by atoms with E-state index in [1.54, 1.807) is 0 Å². The summed E-state index contributed by atoms with van der Waals surface area (Å²) in [6.07, 6.45) is 5.34. The molecule has 2 aliphatic rings. The Kier molecular flexibility index (Phi) is 6.15. The van der Waals surface area contributed by atoms with Gasteiger partial charge in [0.25, 0.3) is 0 Å². The lowest BCUT2D eigenvalue weighted by atomic mass is 9.90. The van der Waals surface area contributed by atoms with Crippen LogP contribution in [0.4, 0.5) is 5.69 Å². The van der Waals surface area contributed by atoms with E-state index < -0.39 is 0 Å². The van der Waals surface area contributed by atoms with Crippen LogP contribution in [-0.4, -0.2) is 35.4 Å². The summed E-state index contributed by atoms with van der Waals surface area (Å²) in [6, 6.07) is 14.9. The van der Waals surface area contributed by atoms with Crippen molar-refractivity contribution in [3.63, 3.8) is 0 Å².